The van der Waals surface area contributed by atoms with Gasteiger partial charge in [0.15, 0.2) is 5.65 Å². The molecule has 1 aliphatic carbocycles. The van der Waals surface area contributed by atoms with Crippen LogP contribution in [0.25, 0.3) is 16.9 Å². The Morgan fingerprint density at radius 2 is 1.89 bits per heavy atom. The summed E-state index contributed by atoms with van der Waals surface area (Å²) in [5, 5.41) is 8.19. The van der Waals surface area contributed by atoms with Crippen molar-refractivity contribution in [3.8, 4) is 11.3 Å². The van der Waals surface area contributed by atoms with E-state index < -0.39 is 0 Å². The summed E-state index contributed by atoms with van der Waals surface area (Å²) in [6.07, 6.45) is 6.14. The van der Waals surface area contributed by atoms with Crippen LogP contribution in [0, 0.1) is 12.8 Å². The monoisotopic (exact) mass is 355 g/mol. The van der Waals surface area contributed by atoms with Gasteiger partial charge in [0.05, 0.1) is 23.6 Å². The summed E-state index contributed by atoms with van der Waals surface area (Å²) in [6.45, 7) is 2.11. The number of hydrogen-bond acceptors (Lipinski definition) is 4. The lowest BCUT2D eigenvalue weighted by molar-refractivity contribution is 0.650. The van der Waals surface area contributed by atoms with Crippen molar-refractivity contribution >= 4 is 11.5 Å². The molecule has 0 spiro atoms. The van der Waals surface area contributed by atoms with Gasteiger partial charge in [-0.15, -0.1) is 0 Å². The number of benzene rings is 1. The zero-order valence-electron chi connectivity index (χ0n) is 15.2. The van der Waals surface area contributed by atoms with Gasteiger partial charge in [0.1, 0.15) is 5.82 Å². The minimum absolute atomic E-state index is 0.184. The number of aromatic nitrogens is 4. The average molecular weight is 355 g/mol. The third kappa shape index (κ3) is 3.16. The van der Waals surface area contributed by atoms with Gasteiger partial charge >= 0.3 is 0 Å². The number of anilines is 1. The maximum Gasteiger partial charge on any atom is 0.157 e. The maximum atomic E-state index is 4.77. The summed E-state index contributed by atoms with van der Waals surface area (Å²) in [4.78, 5) is 9.40. The average Bonchev–Trinajstić information content (AvgIpc) is 3.42. The Morgan fingerprint density at radius 3 is 2.67 bits per heavy atom. The predicted octanol–water partition coefficient (Wildman–Crippen LogP) is 4.66. The van der Waals surface area contributed by atoms with Gasteiger partial charge in [-0.1, -0.05) is 30.3 Å². The third-order valence-corrected chi connectivity index (χ3v) is 5.08. The predicted molar refractivity (Wildman–Crippen MR) is 106 cm³/mol. The van der Waals surface area contributed by atoms with Gasteiger partial charge in [0, 0.05) is 23.9 Å². The highest BCUT2D eigenvalue weighted by Crippen LogP contribution is 2.42. The van der Waals surface area contributed by atoms with Gasteiger partial charge < -0.3 is 5.32 Å². The van der Waals surface area contributed by atoms with Crippen LogP contribution < -0.4 is 5.32 Å². The number of rotatable bonds is 5. The van der Waals surface area contributed by atoms with Gasteiger partial charge in [-0.05, 0) is 43.4 Å². The van der Waals surface area contributed by atoms with Crippen molar-refractivity contribution in [3.05, 3.63) is 78.2 Å². The van der Waals surface area contributed by atoms with E-state index in [1.165, 1.54) is 18.4 Å². The SMILES string of the molecule is Cc1ccnc([C@@H](Nc2cc(-c3ccccc3)nc3ccnn23)C2CC2)c1. The molecule has 3 heterocycles. The Hall–Kier alpha value is -3.21. The molecule has 1 saturated carbocycles. The van der Waals surface area contributed by atoms with Crippen LogP contribution >= 0.6 is 0 Å². The molecular weight excluding hydrogens is 334 g/mol. The molecule has 1 aliphatic rings. The normalized spacial score (nSPS) is 15.0. The van der Waals surface area contributed by atoms with Gasteiger partial charge in [-0.2, -0.15) is 9.61 Å². The molecule has 1 N–H and O–H groups in total. The number of nitrogens with one attached hydrogen (secondary N) is 1. The Bertz CT molecular complexity index is 1080. The summed E-state index contributed by atoms with van der Waals surface area (Å²) in [5.74, 6) is 1.56. The molecule has 5 heteroatoms. The molecule has 0 amide bonds. The highest BCUT2D eigenvalue weighted by Gasteiger charge is 2.34. The quantitative estimate of drug-likeness (QED) is 0.565. The molecule has 0 aliphatic heterocycles. The number of nitrogens with zero attached hydrogens (tertiary/aromatic N) is 4. The van der Waals surface area contributed by atoms with E-state index in [2.05, 4.69) is 46.6 Å². The maximum absolute atomic E-state index is 4.77. The number of pyridine rings is 1. The summed E-state index contributed by atoms with van der Waals surface area (Å²) < 4.78 is 1.87. The van der Waals surface area contributed by atoms with E-state index in [9.17, 15) is 0 Å². The van der Waals surface area contributed by atoms with Crippen molar-refractivity contribution in [2.24, 2.45) is 5.92 Å². The summed E-state index contributed by atoms with van der Waals surface area (Å²) in [7, 11) is 0. The largest absolute Gasteiger partial charge is 0.361 e. The van der Waals surface area contributed by atoms with Gasteiger partial charge in [0.25, 0.3) is 0 Å². The fraction of sp³-hybridized carbons (Fsp3) is 0.227. The minimum atomic E-state index is 0.184. The lowest BCUT2D eigenvalue weighted by atomic mass is 10.1. The summed E-state index contributed by atoms with van der Waals surface area (Å²) in [6, 6.07) is 18.7. The summed E-state index contributed by atoms with van der Waals surface area (Å²) >= 11 is 0. The van der Waals surface area contributed by atoms with Gasteiger partial charge in [0.2, 0.25) is 0 Å². The van der Waals surface area contributed by atoms with Crippen LogP contribution in [0.4, 0.5) is 5.82 Å². The molecule has 0 unspecified atom stereocenters. The Morgan fingerprint density at radius 1 is 1.04 bits per heavy atom. The smallest absolute Gasteiger partial charge is 0.157 e. The van der Waals surface area contributed by atoms with Crippen molar-refractivity contribution in [3.63, 3.8) is 0 Å². The van der Waals surface area contributed by atoms with Crippen LogP contribution in [-0.2, 0) is 0 Å². The minimum Gasteiger partial charge on any atom is -0.361 e. The van der Waals surface area contributed by atoms with Crippen molar-refractivity contribution in [1.29, 1.82) is 0 Å². The zero-order chi connectivity index (χ0) is 18.2. The van der Waals surface area contributed by atoms with E-state index in [4.69, 9.17) is 4.98 Å². The topological polar surface area (TPSA) is 55.1 Å². The fourth-order valence-electron chi connectivity index (χ4n) is 3.52. The van der Waals surface area contributed by atoms with E-state index in [1.807, 2.05) is 41.0 Å². The van der Waals surface area contributed by atoms with Crippen molar-refractivity contribution in [2.75, 3.05) is 5.32 Å². The molecule has 0 bridgehead atoms. The molecule has 5 nitrogen and oxygen atoms in total. The molecule has 1 fully saturated rings. The van der Waals surface area contributed by atoms with E-state index in [0.29, 0.717) is 5.92 Å². The van der Waals surface area contributed by atoms with Crippen LogP contribution in [0.15, 0.2) is 67.0 Å². The second-order valence-electron chi connectivity index (χ2n) is 7.21. The molecule has 27 heavy (non-hydrogen) atoms. The number of hydrogen-bond donors (Lipinski definition) is 1. The lowest BCUT2D eigenvalue weighted by Crippen LogP contribution is -2.17. The summed E-state index contributed by atoms with van der Waals surface area (Å²) in [5.41, 5.74) is 5.21. The highest BCUT2D eigenvalue weighted by atomic mass is 15.3. The third-order valence-electron chi connectivity index (χ3n) is 5.08. The second-order valence-corrected chi connectivity index (χ2v) is 7.21. The molecule has 4 aromatic rings. The highest BCUT2D eigenvalue weighted by molar-refractivity contribution is 5.66. The van der Waals surface area contributed by atoms with Crippen LogP contribution in [0.3, 0.4) is 0 Å². The molecular formula is C22H21N5. The second kappa shape index (κ2) is 6.50. The molecule has 5 rings (SSSR count). The van der Waals surface area contributed by atoms with Crippen LogP contribution in [0.5, 0.6) is 0 Å². The first-order valence-corrected chi connectivity index (χ1v) is 9.37. The fourth-order valence-corrected chi connectivity index (χ4v) is 3.52. The van der Waals surface area contributed by atoms with E-state index in [1.54, 1.807) is 6.20 Å². The lowest BCUT2D eigenvalue weighted by Gasteiger charge is -2.20. The number of fused-ring (bicyclic) bond motifs is 1. The zero-order valence-corrected chi connectivity index (χ0v) is 15.2. The van der Waals surface area contributed by atoms with Crippen molar-refractivity contribution in [2.45, 2.75) is 25.8 Å². The molecule has 134 valence electrons. The standard InChI is InChI=1S/C22H21N5/c1-15-9-11-23-19(13-15)22(17-7-8-17)26-21-14-18(16-5-3-2-4-6-16)25-20-10-12-24-27(20)21/h2-6,9-14,17,22,26H,7-8H2,1H3/t22-/m0/s1. The Kier molecular flexibility index (Phi) is 3.85. The molecule has 1 aromatic carbocycles. The first-order chi connectivity index (χ1) is 13.3. The molecule has 3 aromatic heterocycles. The van der Waals surface area contributed by atoms with E-state index in [-0.39, 0.29) is 6.04 Å². The first-order valence-electron chi connectivity index (χ1n) is 9.37. The van der Waals surface area contributed by atoms with Crippen LogP contribution in [0.2, 0.25) is 0 Å². The van der Waals surface area contributed by atoms with Crippen LogP contribution in [-0.4, -0.2) is 19.6 Å². The molecule has 0 saturated heterocycles. The Labute approximate surface area is 158 Å². The van der Waals surface area contributed by atoms with E-state index >= 15 is 0 Å². The van der Waals surface area contributed by atoms with Crippen molar-refractivity contribution < 1.29 is 0 Å². The van der Waals surface area contributed by atoms with Gasteiger partial charge in [-0.3, -0.25) is 4.98 Å². The van der Waals surface area contributed by atoms with Crippen molar-refractivity contribution in [1.82, 2.24) is 19.6 Å². The Balaban J connectivity index is 1.58. The van der Waals surface area contributed by atoms with E-state index in [0.717, 1.165) is 28.4 Å². The first kappa shape index (κ1) is 16.0. The number of aryl methyl sites for hydroxylation is 1. The van der Waals surface area contributed by atoms with Gasteiger partial charge in [-0.25, -0.2) is 4.98 Å². The molecule has 1 atom stereocenters. The van der Waals surface area contributed by atoms with Crippen LogP contribution in [0.1, 0.15) is 30.1 Å². The molecule has 0 radical (unpaired) electrons.